The van der Waals surface area contributed by atoms with E-state index in [1.54, 1.807) is 19.1 Å². The number of hydrogen-bond acceptors (Lipinski definition) is 4. The molecule has 0 saturated heterocycles. The topological polar surface area (TPSA) is 56.8 Å². The summed E-state index contributed by atoms with van der Waals surface area (Å²) in [5.74, 6) is 1.75. The number of nitrogens with one attached hydrogen (secondary N) is 1. The van der Waals surface area contributed by atoms with E-state index in [2.05, 4.69) is 12.2 Å². The molecular weight excluding hydrogens is 330 g/mol. The van der Waals surface area contributed by atoms with E-state index in [9.17, 15) is 4.79 Å². The Kier molecular flexibility index (Phi) is 7.80. The van der Waals surface area contributed by atoms with Crippen molar-refractivity contribution in [2.75, 3.05) is 18.5 Å². The van der Waals surface area contributed by atoms with Crippen molar-refractivity contribution < 1.29 is 19.0 Å². The molecule has 1 amide bonds. The van der Waals surface area contributed by atoms with Gasteiger partial charge in [-0.2, -0.15) is 0 Å². The van der Waals surface area contributed by atoms with E-state index in [0.29, 0.717) is 36.1 Å². The third-order valence-corrected chi connectivity index (χ3v) is 3.56. The van der Waals surface area contributed by atoms with E-state index in [1.165, 1.54) is 0 Å². The van der Waals surface area contributed by atoms with Crippen molar-refractivity contribution in [2.24, 2.45) is 0 Å². The fraction of sp³-hybridized carbons (Fsp3) is 0.381. The van der Waals surface area contributed by atoms with Gasteiger partial charge in [0, 0.05) is 11.8 Å². The lowest BCUT2D eigenvalue weighted by Gasteiger charge is -2.16. The first-order chi connectivity index (χ1) is 12.6. The molecule has 2 aromatic carbocycles. The number of amides is 1. The third kappa shape index (κ3) is 5.99. The number of hydrogen-bond donors (Lipinski definition) is 1. The van der Waals surface area contributed by atoms with Crippen molar-refractivity contribution >= 4 is 11.6 Å². The van der Waals surface area contributed by atoms with Crippen molar-refractivity contribution in [3.63, 3.8) is 0 Å². The Morgan fingerprint density at radius 3 is 2.27 bits per heavy atom. The van der Waals surface area contributed by atoms with E-state index in [4.69, 9.17) is 14.2 Å². The fourth-order valence-electron chi connectivity index (χ4n) is 2.24. The number of para-hydroxylation sites is 1. The van der Waals surface area contributed by atoms with Crippen molar-refractivity contribution in [1.29, 1.82) is 0 Å². The fourth-order valence-corrected chi connectivity index (χ4v) is 2.24. The molecule has 1 atom stereocenters. The summed E-state index contributed by atoms with van der Waals surface area (Å²) in [5, 5.41) is 2.86. The van der Waals surface area contributed by atoms with E-state index in [-0.39, 0.29) is 5.91 Å². The van der Waals surface area contributed by atoms with Crippen LogP contribution in [0, 0.1) is 0 Å². The molecule has 0 radical (unpaired) electrons. The molecule has 1 unspecified atom stereocenters. The lowest BCUT2D eigenvalue weighted by atomic mass is 10.2. The van der Waals surface area contributed by atoms with Gasteiger partial charge in [0.1, 0.15) is 5.75 Å². The van der Waals surface area contributed by atoms with Gasteiger partial charge in [-0.05, 0) is 44.0 Å². The molecule has 0 heterocycles. The van der Waals surface area contributed by atoms with Gasteiger partial charge in [0.25, 0.3) is 5.91 Å². The highest BCUT2D eigenvalue weighted by Crippen LogP contribution is 2.31. The third-order valence-electron chi connectivity index (χ3n) is 3.56. The number of carbonyl (C=O) groups excluding carboxylic acids is 1. The standard InChI is InChI=1S/C21H27NO4/c1-4-13-24-19-12-11-17(15-20(19)25-14-5-2)22-21(23)16(3)26-18-9-7-6-8-10-18/h6-12,15-16H,4-5,13-14H2,1-3H3,(H,22,23). The number of rotatable bonds is 10. The SMILES string of the molecule is CCCOc1ccc(NC(=O)C(C)Oc2ccccc2)cc1OCCC. The monoisotopic (exact) mass is 357 g/mol. The quantitative estimate of drug-likeness (QED) is 0.671. The Balaban J connectivity index is 2.03. The maximum Gasteiger partial charge on any atom is 0.265 e. The highest BCUT2D eigenvalue weighted by molar-refractivity contribution is 5.94. The first-order valence-corrected chi connectivity index (χ1v) is 9.06. The predicted octanol–water partition coefficient (Wildman–Crippen LogP) is 4.67. The lowest BCUT2D eigenvalue weighted by Crippen LogP contribution is -2.30. The Hall–Kier alpha value is -2.69. The first-order valence-electron chi connectivity index (χ1n) is 9.06. The van der Waals surface area contributed by atoms with Crippen LogP contribution in [-0.4, -0.2) is 25.2 Å². The van der Waals surface area contributed by atoms with Gasteiger partial charge in [-0.15, -0.1) is 0 Å². The molecule has 0 saturated carbocycles. The second-order valence-electron chi connectivity index (χ2n) is 5.92. The Labute approximate surface area is 155 Å². The summed E-state index contributed by atoms with van der Waals surface area (Å²) >= 11 is 0. The van der Waals surface area contributed by atoms with Crippen LogP contribution in [-0.2, 0) is 4.79 Å². The zero-order chi connectivity index (χ0) is 18.8. The van der Waals surface area contributed by atoms with Gasteiger partial charge in [-0.1, -0.05) is 32.0 Å². The Morgan fingerprint density at radius 2 is 1.62 bits per heavy atom. The van der Waals surface area contributed by atoms with Crippen LogP contribution in [0.5, 0.6) is 17.2 Å². The molecule has 0 bridgehead atoms. The number of ether oxygens (including phenoxy) is 3. The number of anilines is 1. The summed E-state index contributed by atoms with van der Waals surface area (Å²) in [4.78, 5) is 12.4. The predicted molar refractivity (Wildman–Crippen MR) is 103 cm³/mol. The molecule has 0 fully saturated rings. The van der Waals surface area contributed by atoms with Gasteiger partial charge in [-0.25, -0.2) is 0 Å². The van der Waals surface area contributed by atoms with Crippen LogP contribution in [0.3, 0.4) is 0 Å². The molecule has 5 nitrogen and oxygen atoms in total. The van der Waals surface area contributed by atoms with Gasteiger partial charge in [0.15, 0.2) is 17.6 Å². The van der Waals surface area contributed by atoms with E-state index in [1.807, 2.05) is 43.3 Å². The molecule has 140 valence electrons. The van der Waals surface area contributed by atoms with Crippen LogP contribution in [0.15, 0.2) is 48.5 Å². The highest BCUT2D eigenvalue weighted by Gasteiger charge is 2.16. The molecule has 0 aromatic heterocycles. The second kappa shape index (κ2) is 10.3. The van der Waals surface area contributed by atoms with Gasteiger partial charge in [-0.3, -0.25) is 4.79 Å². The van der Waals surface area contributed by atoms with Crippen molar-refractivity contribution in [1.82, 2.24) is 0 Å². The minimum atomic E-state index is -0.617. The van der Waals surface area contributed by atoms with Crippen LogP contribution < -0.4 is 19.5 Å². The van der Waals surface area contributed by atoms with Gasteiger partial charge in [0.2, 0.25) is 0 Å². The molecule has 2 rings (SSSR count). The number of benzene rings is 2. The molecule has 26 heavy (non-hydrogen) atoms. The van der Waals surface area contributed by atoms with Crippen LogP contribution in [0.2, 0.25) is 0 Å². The zero-order valence-corrected chi connectivity index (χ0v) is 15.7. The maximum absolute atomic E-state index is 12.4. The summed E-state index contributed by atoms with van der Waals surface area (Å²) in [6.07, 6.45) is 1.19. The van der Waals surface area contributed by atoms with E-state index in [0.717, 1.165) is 12.8 Å². The molecule has 0 aliphatic carbocycles. The molecule has 2 aromatic rings. The highest BCUT2D eigenvalue weighted by atomic mass is 16.5. The average molecular weight is 357 g/mol. The van der Waals surface area contributed by atoms with Crippen LogP contribution in [0.4, 0.5) is 5.69 Å². The summed E-state index contributed by atoms with van der Waals surface area (Å²) in [6, 6.07) is 14.7. The second-order valence-corrected chi connectivity index (χ2v) is 5.92. The van der Waals surface area contributed by atoms with Crippen molar-refractivity contribution in [2.45, 2.75) is 39.7 Å². The molecule has 5 heteroatoms. The Morgan fingerprint density at radius 1 is 0.962 bits per heavy atom. The van der Waals surface area contributed by atoms with Crippen molar-refractivity contribution in [3.8, 4) is 17.2 Å². The van der Waals surface area contributed by atoms with Crippen molar-refractivity contribution in [3.05, 3.63) is 48.5 Å². The molecule has 0 aliphatic heterocycles. The lowest BCUT2D eigenvalue weighted by molar-refractivity contribution is -0.122. The maximum atomic E-state index is 12.4. The average Bonchev–Trinajstić information content (AvgIpc) is 2.66. The van der Waals surface area contributed by atoms with Crippen LogP contribution >= 0.6 is 0 Å². The smallest absolute Gasteiger partial charge is 0.265 e. The van der Waals surface area contributed by atoms with Gasteiger partial charge in [0.05, 0.1) is 13.2 Å². The first kappa shape index (κ1) is 19.6. The molecular formula is C21H27NO4. The minimum absolute atomic E-state index is 0.225. The molecule has 0 spiro atoms. The van der Waals surface area contributed by atoms with E-state index >= 15 is 0 Å². The molecule has 1 N–H and O–H groups in total. The van der Waals surface area contributed by atoms with Crippen LogP contribution in [0.1, 0.15) is 33.6 Å². The van der Waals surface area contributed by atoms with Gasteiger partial charge < -0.3 is 19.5 Å². The largest absolute Gasteiger partial charge is 0.490 e. The zero-order valence-electron chi connectivity index (χ0n) is 15.7. The van der Waals surface area contributed by atoms with Gasteiger partial charge >= 0.3 is 0 Å². The van der Waals surface area contributed by atoms with Crippen LogP contribution in [0.25, 0.3) is 0 Å². The van der Waals surface area contributed by atoms with E-state index < -0.39 is 6.10 Å². The summed E-state index contributed by atoms with van der Waals surface area (Å²) in [7, 11) is 0. The normalized spacial score (nSPS) is 11.5. The number of carbonyl (C=O) groups is 1. The summed E-state index contributed by atoms with van der Waals surface area (Å²) < 4.78 is 17.1. The summed E-state index contributed by atoms with van der Waals surface area (Å²) in [6.45, 7) is 7.02. The molecule has 0 aliphatic rings. The summed E-state index contributed by atoms with van der Waals surface area (Å²) in [5.41, 5.74) is 0.647. The Bertz CT molecular complexity index is 688. The minimum Gasteiger partial charge on any atom is -0.490 e.